The van der Waals surface area contributed by atoms with Crippen LogP contribution in [-0.4, -0.2) is 19.3 Å². The number of alkyl halides is 4. The van der Waals surface area contributed by atoms with Crippen molar-refractivity contribution < 1.29 is 13.2 Å². The van der Waals surface area contributed by atoms with Gasteiger partial charge in [0.15, 0.2) is 5.52 Å². The molecule has 2 heterocycles. The fraction of sp³-hybridized carbons (Fsp3) is 0.267. The van der Waals surface area contributed by atoms with E-state index in [0.717, 1.165) is 16.7 Å². The number of rotatable bonds is 2. The van der Waals surface area contributed by atoms with Crippen LogP contribution in [0.5, 0.6) is 0 Å². The van der Waals surface area contributed by atoms with Crippen molar-refractivity contribution in [3.8, 4) is 5.69 Å². The van der Waals surface area contributed by atoms with Crippen LogP contribution in [0, 0.1) is 6.92 Å². The lowest BCUT2D eigenvalue weighted by Crippen LogP contribution is -2.25. The molecule has 0 radical (unpaired) electrons. The van der Waals surface area contributed by atoms with Gasteiger partial charge in [-0.15, -0.1) is 11.6 Å². The minimum atomic E-state index is -4.51. The summed E-state index contributed by atoms with van der Waals surface area (Å²) in [5.41, 5.74) is -0.169. The lowest BCUT2D eigenvalue weighted by molar-refractivity contribution is -0.137. The highest BCUT2D eigenvalue weighted by Crippen LogP contribution is 2.30. The fourth-order valence-electron chi connectivity index (χ4n) is 2.60. The van der Waals surface area contributed by atoms with Crippen molar-refractivity contribution in [3.05, 3.63) is 51.7 Å². The average Bonchev–Trinajstić information content (AvgIpc) is 2.81. The van der Waals surface area contributed by atoms with E-state index in [4.69, 9.17) is 11.6 Å². The van der Waals surface area contributed by atoms with Crippen molar-refractivity contribution in [1.29, 1.82) is 0 Å². The molecule has 126 valence electrons. The molecule has 3 rings (SSSR count). The minimum Gasteiger partial charge on any atom is -0.266 e. The SMILES string of the molecule is Cc1nn(C)c2c(=O)n(-c3cccc(C(F)(F)F)c3)c(CCl)nc12. The van der Waals surface area contributed by atoms with Crippen LogP contribution in [-0.2, 0) is 19.1 Å². The summed E-state index contributed by atoms with van der Waals surface area (Å²) in [6.45, 7) is 1.70. The highest BCUT2D eigenvalue weighted by atomic mass is 35.5. The number of nitrogens with zero attached hydrogens (tertiary/aromatic N) is 4. The van der Waals surface area contributed by atoms with E-state index in [1.807, 2.05) is 0 Å². The zero-order valence-electron chi connectivity index (χ0n) is 12.7. The van der Waals surface area contributed by atoms with Crippen molar-refractivity contribution >= 4 is 22.6 Å². The molecule has 0 fully saturated rings. The molecule has 0 atom stereocenters. The molecule has 24 heavy (non-hydrogen) atoms. The van der Waals surface area contributed by atoms with Crippen LogP contribution in [0.2, 0.25) is 0 Å². The highest BCUT2D eigenvalue weighted by Gasteiger charge is 2.31. The number of aromatic nitrogens is 4. The normalized spacial score (nSPS) is 12.1. The first kappa shape index (κ1) is 16.5. The Hall–Kier alpha value is -2.35. The topological polar surface area (TPSA) is 52.7 Å². The third kappa shape index (κ3) is 2.56. The van der Waals surface area contributed by atoms with Crippen molar-refractivity contribution in [1.82, 2.24) is 19.3 Å². The first-order valence-electron chi connectivity index (χ1n) is 6.93. The minimum absolute atomic E-state index is 0.0544. The Labute approximate surface area is 139 Å². The molecular formula is C15H12ClF3N4O. The van der Waals surface area contributed by atoms with Gasteiger partial charge in [0.25, 0.3) is 5.56 Å². The molecule has 0 amide bonds. The zero-order chi connectivity index (χ0) is 17.6. The Morgan fingerprint density at radius 3 is 2.62 bits per heavy atom. The number of aryl methyl sites for hydroxylation is 2. The van der Waals surface area contributed by atoms with Crippen LogP contribution in [0.3, 0.4) is 0 Å². The second kappa shape index (κ2) is 5.62. The standard InChI is InChI=1S/C15H12ClF3N4O/c1-8-12-13(22(2)21-8)14(24)23(11(7-16)20-12)10-5-3-4-9(6-10)15(17,18)19/h3-6H,7H2,1-2H3. The summed E-state index contributed by atoms with van der Waals surface area (Å²) in [6.07, 6.45) is -4.51. The van der Waals surface area contributed by atoms with Gasteiger partial charge >= 0.3 is 6.18 Å². The lowest BCUT2D eigenvalue weighted by Gasteiger charge is -2.13. The number of halogens is 4. The Bertz CT molecular complexity index is 991. The summed E-state index contributed by atoms with van der Waals surface area (Å²) in [7, 11) is 1.58. The van der Waals surface area contributed by atoms with Gasteiger partial charge < -0.3 is 0 Å². The van der Waals surface area contributed by atoms with E-state index in [0.29, 0.717) is 11.2 Å². The predicted molar refractivity (Wildman–Crippen MR) is 83.4 cm³/mol. The van der Waals surface area contributed by atoms with E-state index in [-0.39, 0.29) is 22.9 Å². The highest BCUT2D eigenvalue weighted by molar-refractivity contribution is 6.16. The summed E-state index contributed by atoms with van der Waals surface area (Å²) in [4.78, 5) is 17.1. The van der Waals surface area contributed by atoms with Gasteiger partial charge in [-0.3, -0.25) is 14.0 Å². The molecule has 0 saturated carbocycles. The van der Waals surface area contributed by atoms with Gasteiger partial charge in [0.2, 0.25) is 0 Å². The molecular weight excluding hydrogens is 345 g/mol. The van der Waals surface area contributed by atoms with E-state index < -0.39 is 17.3 Å². The maximum absolute atomic E-state index is 12.9. The van der Waals surface area contributed by atoms with Gasteiger partial charge in [0, 0.05) is 7.05 Å². The van der Waals surface area contributed by atoms with E-state index in [9.17, 15) is 18.0 Å². The molecule has 9 heteroatoms. The fourth-order valence-corrected chi connectivity index (χ4v) is 2.78. The Morgan fingerprint density at radius 1 is 1.29 bits per heavy atom. The second-order valence-electron chi connectivity index (χ2n) is 5.26. The number of fused-ring (bicyclic) bond motifs is 1. The van der Waals surface area contributed by atoms with Gasteiger partial charge in [-0.1, -0.05) is 6.07 Å². The van der Waals surface area contributed by atoms with Crippen LogP contribution >= 0.6 is 11.6 Å². The third-order valence-corrected chi connectivity index (χ3v) is 3.89. The molecule has 3 aromatic rings. The molecule has 0 bridgehead atoms. The van der Waals surface area contributed by atoms with E-state index in [1.165, 1.54) is 16.8 Å². The molecule has 1 aromatic carbocycles. The van der Waals surface area contributed by atoms with E-state index in [1.54, 1.807) is 14.0 Å². The second-order valence-corrected chi connectivity index (χ2v) is 5.52. The molecule has 0 aliphatic carbocycles. The summed E-state index contributed by atoms with van der Waals surface area (Å²) in [5, 5.41) is 4.14. The Balaban J connectivity index is 2.36. The molecule has 2 aromatic heterocycles. The van der Waals surface area contributed by atoms with Gasteiger partial charge in [-0.05, 0) is 25.1 Å². The van der Waals surface area contributed by atoms with Gasteiger partial charge in [-0.25, -0.2) is 4.98 Å². The molecule has 0 spiro atoms. The number of benzene rings is 1. The summed E-state index contributed by atoms with van der Waals surface area (Å²) in [6, 6.07) is 4.48. The van der Waals surface area contributed by atoms with Gasteiger partial charge in [-0.2, -0.15) is 18.3 Å². The van der Waals surface area contributed by atoms with Crippen molar-refractivity contribution in [3.63, 3.8) is 0 Å². The van der Waals surface area contributed by atoms with Crippen LogP contribution < -0.4 is 5.56 Å². The van der Waals surface area contributed by atoms with Crippen molar-refractivity contribution in [2.24, 2.45) is 7.05 Å². The smallest absolute Gasteiger partial charge is 0.266 e. The molecule has 0 unspecified atom stereocenters. The van der Waals surface area contributed by atoms with Crippen LogP contribution in [0.15, 0.2) is 29.1 Å². The van der Waals surface area contributed by atoms with Crippen LogP contribution in [0.4, 0.5) is 13.2 Å². The number of hydrogen-bond acceptors (Lipinski definition) is 3. The first-order chi connectivity index (χ1) is 11.2. The van der Waals surface area contributed by atoms with E-state index >= 15 is 0 Å². The molecule has 0 N–H and O–H groups in total. The maximum Gasteiger partial charge on any atom is 0.416 e. The predicted octanol–water partition coefficient (Wildman–Crippen LogP) is 3.19. The van der Waals surface area contributed by atoms with Crippen molar-refractivity contribution in [2.75, 3.05) is 0 Å². The molecule has 0 saturated heterocycles. The third-order valence-electron chi connectivity index (χ3n) is 3.65. The Morgan fingerprint density at radius 2 is 2.00 bits per heavy atom. The van der Waals surface area contributed by atoms with E-state index in [2.05, 4.69) is 10.1 Å². The largest absolute Gasteiger partial charge is 0.416 e. The van der Waals surface area contributed by atoms with Crippen molar-refractivity contribution in [2.45, 2.75) is 19.0 Å². The zero-order valence-corrected chi connectivity index (χ0v) is 13.5. The average molecular weight is 357 g/mol. The molecule has 0 aliphatic heterocycles. The molecule has 5 nitrogen and oxygen atoms in total. The maximum atomic E-state index is 12.9. The monoisotopic (exact) mass is 356 g/mol. The molecule has 0 aliphatic rings. The van der Waals surface area contributed by atoms with Gasteiger partial charge in [0.1, 0.15) is 11.3 Å². The summed E-state index contributed by atoms with van der Waals surface area (Å²) >= 11 is 5.87. The quantitative estimate of drug-likeness (QED) is 0.663. The summed E-state index contributed by atoms with van der Waals surface area (Å²) in [5.74, 6) is 0.0278. The number of hydrogen-bond donors (Lipinski definition) is 0. The van der Waals surface area contributed by atoms with Crippen LogP contribution in [0.25, 0.3) is 16.7 Å². The summed E-state index contributed by atoms with van der Waals surface area (Å²) < 4.78 is 41.3. The van der Waals surface area contributed by atoms with Crippen LogP contribution in [0.1, 0.15) is 17.1 Å². The lowest BCUT2D eigenvalue weighted by atomic mass is 10.2. The first-order valence-corrected chi connectivity index (χ1v) is 7.46. The van der Waals surface area contributed by atoms with Gasteiger partial charge in [0.05, 0.1) is 22.8 Å². The Kier molecular flexibility index (Phi) is 3.87.